The molecule has 0 atom stereocenters. The zero-order valence-electron chi connectivity index (χ0n) is 27.9. The summed E-state index contributed by atoms with van der Waals surface area (Å²) < 4.78 is 41.3. The fourth-order valence-electron chi connectivity index (χ4n) is 5.96. The summed E-state index contributed by atoms with van der Waals surface area (Å²) in [5, 5.41) is 10.6. The summed E-state index contributed by atoms with van der Waals surface area (Å²) >= 11 is 0. The number of carbonyl (C=O) groups is 1. The fourth-order valence-corrected chi connectivity index (χ4v) is 7.28. The minimum absolute atomic E-state index is 0.178. The van der Waals surface area contributed by atoms with Gasteiger partial charge in [-0.25, -0.2) is 17.9 Å². The Labute approximate surface area is 282 Å². The maximum Gasteiger partial charge on any atom is 0.324 e. The van der Waals surface area contributed by atoms with Crippen molar-refractivity contribution < 1.29 is 22.7 Å². The quantitative estimate of drug-likeness (QED) is 0.255. The number of hydrogen-bond donors (Lipinski definition) is 2. The highest BCUT2D eigenvalue weighted by Gasteiger charge is 2.35. The van der Waals surface area contributed by atoms with Gasteiger partial charge in [-0.15, -0.1) is 0 Å². The maximum absolute atomic E-state index is 13.4. The summed E-state index contributed by atoms with van der Waals surface area (Å²) in [4.78, 5) is 13.2. The number of allylic oxidation sites excluding steroid dienone is 4. The molecule has 2 aliphatic heterocycles. The molecule has 0 bridgehead atoms. The molecule has 3 aliphatic rings. The van der Waals surface area contributed by atoms with Gasteiger partial charge in [-0.05, 0) is 80.3 Å². The molecule has 3 heterocycles. The Morgan fingerprint density at radius 2 is 1.79 bits per heavy atom. The smallest absolute Gasteiger partial charge is 0.324 e. The van der Waals surface area contributed by atoms with Crippen molar-refractivity contribution in [1.29, 1.82) is 0 Å². The Morgan fingerprint density at radius 3 is 2.50 bits per heavy atom. The van der Waals surface area contributed by atoms with Crippen LogP contribution in [0.4, 0.5) is 16.3 Å². The van der Waals surface area contributed by atoms with Gasteiger partial charge in [-0.3, -0.25) is 5.32 Å². The topological polar surface area (TPSA) is 115 Å². The molecule has 252 valence electrons. The highest BCUT2D eigenvalue weighted by molar-refractivity contribution is 7.92. The van der Waals surface area contributed by atoms with Crippen LogP contribution in [0.25, 0.3) is 5.69 Å². The first kappa shape index (κ1) is 33.3. The van der Waals surface area contributed by atoms with Gasteiger partial charge in [0, 0.05) is 30.3 Å². The van der Waals surface area contributed by atoms with Crippen molar-refractivity contribution >= 4 is 27.6 Å². The number of aryl methyl sites for hydroxylation is 1. The van der Waals surface area contributed by atoms with E-state index in [1.807, 2.05) is 73.7 Å². The van der Waals surface area contributed by atoms with Gasteiger partial charge in [-0.2, -0.15) is 9.40 Å². The Bertz CT molecular complexity index is 1890. The SMILES string of the molecule is Cc1ccc(-n2nc(C(C)(C)C)cc2NC(=O)Nc2cccc(CC3CCN(S(=O)(=O)C4=COC=C(C5=CC=CCC5)O4)CC3)c2)cc1. The zero-order valence-corrected chi connectivity index (χ0v) is 28.7. The van der Waals surface area contributed by atoms with Crippen LogP contribution in [0.3, 0.4) is 0 Å². The molecule has 1 aromatic heterocycles. The monoisotopic (exact) mass is 669 g/mol. The summed E-state index contributed by atoms with van der Waals surface area (Å²) in [7, 11) is -3.83. The Balaban J connectivity index is 1.05. The lowest BCUT2D eigenvalue weighted by Crippen LogP contribution is -2.40. The van der Waals surface area contributed by atoms with Crippen molar-refractivity contribution in [3.05, 3.63) is 119 Å². The molecule has 10 nitrogen and oxygen atoms in total. The minimum Gasteiger partial charge on any atom is -0.464 e. The molecule has 11 heteroatoms. The van der Waals surface area contributed by atoms with E-state index in [1.165, 1.54) is 16.8 Å². The summed E-state index contributed by atoms with van der Waals surface area (Å²) in [5.74, 6) is 1.31. The van der Waals surface area contributed by atoms with Crippen LogP contribution in [-0.4, -0.2) is 41.6 Å². The molecular formula is C37H43N5O5S. The molecule has 6 rings (SSSR count). The molecule has 0 unspecified atom stereocenters. The predicted molar refractivity (Wildman–Crippen MR) is 188 cm³/mol. The van der Waals surface area contributed by atoms with Crippen LogP contribution in [0.1, 0.15) is 63.3 Å². The van der Waals surface area contributed by atoms with E-state index in [9.17, 15) is 13.2 Å². The summed E-state index contributed by atoms with van der Waals surface area (Å²) in [6.07, 6.45) is 12.4. The average molecular weight is 670 g/mol. The number of rotatable bonds is 8. The van der Waals surface area contributed by atoms with Crippen LogP contribution in [0.15, 0.2) is 102 Å². The largest absolute Gasteiger partial charge is 0.464 e. The van der Waals surface area contributed by atoms with Crippen LogP contribution < -0.4 is 10.6 Å². The molecule has 0 saturated carbocycles. The number of aromatic nitrogens is 2. The van der Waals surface area contributed by atoms with Gasteiger partial charge in [0.15, 0.2) is 5.76 Å². The third-order valence-corrected chi connectivity index (χ3v) is 10.5. The lowest BCUT2D eigenvalue weighted by atomic mass is 9.91. The number of nitrogens with zero attached hydrogens (tertiary/aromatic N) is 3. The molecule has 2 aromatic carbocycles. The number of carbonyl (C=O) groups excluding carboxylic acids is 1. The fraction of sp³-hybridized carbons (Fsp3) is 0.351. The number of nitrogens with one attached hydrogen (secondary N) is 2. The number of piperidine rings is 1. The molecule has 0 spiro atoms. The molecule has 48 heavy (non-hydrogen) atoms. The molecule has 0 radical (unpaired) electrons. The van der Waals surface area contributed by atoms with Crippen molar-refractivity contribution in [3.63, 3.8) is 0 Å². The first-order valence-electron chi connectivity index (χ1n) is 16.4. The predicted octanol–water partition coefficient (Wildman–Crippen LogP) is 7.67. The van der Waals surface area contributed by atoms with E-state index < -0.39 is 10.0 Å². The van der Waals surface area contributed by atoms with Gasteiger partial charge in [0.2, 0.25) is 0 Å². The lowest BCUT2D eigenvalue weighted by molar-refractivity contribution is 0.233. The molecule has 1 saturated heterocycles. The van der Waals surface area contributed by atoms with E-state index in [0.29, 0.717) is 49.1 Å². The van der Waals surface area contributed by atoms with E-state index in [-0.39, 0.29) is 16.5 Å². The third-order valence-electron chi connectivity index (χ3n) is 8.76. The van der Waals surface area contributed by atoms with E-state index in [2.05, 4.69) is 37.5 Å². The van der Waals surface area contributed by atoms with Gasteiger partial charge < -0.3 is 14.8 Å². The van der Waals surface area contributed by atoms with Crippen molar-refractivity contribution in [2.24, 2.45) is 5.92 Å². The zero-order chi connectivity index (χ0) is 33.9. The van der Waals surface area contributed by atoms with Crippen molar-refractivity contribution in [2.75, 3.05) is 23.7 Å². The number of anilines is 2. The molecule has 1 fully saturated rings. The normalized spacial score (nSPS) is 17.5. The van der Waals surface area contributed by atoms with Crippen molar-refractivity contribution in [1.82, 2.24) is 14.1 Å². The highest BCUT2D eigenvalue weighted by atomic mass is 32.2. The first-order chi connectivity index (χ1) is 23.0. The maximum atomic E-state index is 13.4. The van der Waals surface area contributed by atoms with E-state index in [0.717, 1.165) is 47.3 Å². The van der Waals surface area contributed by atoms with Gasteiger partial charge in [-0.1, -0.05) is 68.8 Å². The van der Waals surface area contributed by atoms with Gasteiger partial charge >= 0.3 is 6.03 Å². The number of urea groups is 1. The summed E-state index contributed by atoms with van der Waals surface area (Å²) in [6, 6.07) is 17.3. The Morgan fingerprint density at radius 1 is 1.02 bits per heavy atom. The molecule has 1 aliphatic carbocycles. The standard InChI is InChI=1S/C37H43N5O5S/c1-26-13-15-31(16-14-26)42-34(23-33(40-42)37(2,3)4)39-36(43)38-30-12-8-9-28(22-30)21-27-17-19-41(20-18-27)48(44,45)35-25-46-24-32(47-35)29-10-6-5-7-11-29/h5-6,8-10,12-16,22-25,27H,7,11,17-21H2,1-4H3,(H2,38,39,43). The number of ether oxygens (including phenoxy) is 2. The van der Waals surface area contributed by atoms with E-state index in [4.69, 9.17) is 14.6 Å². The Kier molecular flexibility index (Phi) is 9.61. The minimum atomic E-state index is -3.83. The van der Waals surface area contributed by atoms with Gasteiger partial charge in [0.05, 0.1) is 11.4 Å². The molecular weight excluding hydrogens is 627 g/mol. The Hall–Kier alpha value is -4.61. The number of amides is 2. The summed E-state index contributed by atoms with van der Waals surface area (Å²) in [5.41, 5.74) is 5.34. The third kappa shape index (κ3) is 7.74. The van der Waals surface area contributed by atoms with Crippen LogP contribution in [0, 0.1) is 12.8 Å². The first-order valence-corrected chi connectivity index (χ1v) is 17.8. The second-order valence-electron chi connectivity index (χ2n) is 13.6. The number of hydrogen-bond acceptors (Lipinski definition) is 6. The van der Waals surface area contributed by atoms with Crippen LogP contribution in [0.5, 0.6) is 0 Å². The highest BCUT2D eigenvalue weighted by Crippen LogP contribution is 2.32. The number of benzene rings is 2. The lowest BCUT2D eigenvalue weighted by Gasteiger charge is -2.32. The van der Waals surface area contributed by atoms with E-state index in [1.54, 1.807) is 4.68 Å². The van der Waals surface area contributed by atoms with Crippen LogP contribution in [0.2, 0.25) is 0 Å². The summed E-state index contributed by atoms with van der Waals surface area (Å²) in [6.45, 7) is 9.08. The second kappa shape index (κ2) is 13.9. The van der Waals surface area contributed by atoms with Gasteiger partial charge in [0.25, 0.3) is 15.1 Å². The molecule has 2 N–H and O–H groups in total. The van der Waals surface area contributed by atoms with Gasteiger partial charge in [0.1, 0.15) is 18.3 Å². The van der Waals surface area contributed by atoms with Crippen molar-refractivity contribution in [2.45, 2.75) is 65.2 Å². The van der Waals surface area contributed by atoms with E-state index >= 15 is 0 Å². The molecule has 2 amide bonds. The van der Waals surface area contributed by atoms with Crippen molar-refractivity contribution in [3.8, 4) is 5.69 Å². The molecule has 3 aromatic rings. The average Bonchev–Trinajstić information content (AvgIpc) is 3.50. The number of sulfonamides is 1. The van der Waals surface area contributed by atoms with Crippen LogP contribution in [-0.2, 0) is 31.3 Å². The second-order valence-corrected chi connectivity index (χ2v) is 15.4. The van der Waals surface area contributed by atoms with Crippen LogP contribution >= 0.6 is 0 Å².